The average molecular weight is 288 g/mol. The van der Waals surface area contributed by atoms with Crippen LogP contribution in [0.1, 0.15) is 30.1 Å². The lowest BCUT2D eigenvalue weighted by molar-refractivity contribution is 0.0981. The zero-order valence-corrected chi connectivity index (χ0v) is 12.1. The van der Waals surface area contributed by atoms with Gasteiger partial charge in [-0.15, -0.1) is 0 Å². The lowest BCUT2D eigenvalue weighted by atomic mass is 10.1. The summed E-state index contributed by atoms with van der Waals surface area (Å²) >= 11 is 0. The molecule has 0 heterocycles. The van der Waals surface area contributed by atoms with Gasteiger partial charge in [-0.3, -0.25) is 4.79 Å². The van der Waals surface area contributed by atoms with Crippen LogP contribution in [0.4, 0.5) is 0 Å². The van der Waals surface area contributed by atoms with E-state index >= 15 is 0 Å². The fourth-order valence-electron chi connectivity index (χ4n) is 1.93. The predicted octanol–water partition coefficient (Wildman–Crippen LogP) is 3.50. The Hall–Kier alpha value is -1.94. The largest absolute Gasteiger partial charge is 0.294 e. The molecule has 0 bridgehead atoms. The van der Waals surface area contributed by atoms with E-state index in [0.29, 0.717) is 12.0 Å². The molecule has 0 N–H and O–H groups in total. The maximum atomic E-state index is 12.4. The van der Waals surface area contributed by atoms with Gasteiger partial charge in [-0.2, -0.15) is 0 Å². The molecule has 2 aromatic carbocycles. The molecule has 0 amide bonds. The summed E-state index contributed by atoms with van der Waals surface area (Å²) in [4.78, 5) is 12.2. The number of hydrogen-bond donors (Lipinski definition) is 0. The number of benzene rings is 2. The normalized spacial score (nSPS) is 11.2. The van der Waals surface area contributed by atoms with Crippen molar-refractivity contribution >= 4 is 15.6 Å². The summed E-state index contributed by atoms with van der Waals surface area (Å²) in [5.74, 6) is 0.0381. The van der Waals surface area contributed by atoms with Crippen molar-refractivity contribution in [2.24, 2.45) is 0 Å². The fraction of sp³-hybridized carbons (Fsp3) is 0.188. The second kappa shape index (κ2) is 6.01. The van der Waals surface area contributed by atoms with Gasteiger partial charge in [-0.05, 0) is 30.7 Å². The van der Waals surface area contributed by atoms with Gasteiger partial charge < -0.3 is 0 Å². The molecule has 0 saturated heterocycles. The van der Waals surface area contributed by atoms with Gasteiger partial charge in [0.25, 0.3) is 0 Å². The summed E-state index contributed by atoms with van der Waals surface area (Å²) in [5.41, 5.74) is 0.555. The molecular formula is C16H16O3S. The number of carbonyl (C=O) groups is 1. The third kappa shape index (κ3) is 2.96. The van der Waals surface area contributed by atoms with E-state index in [1.54, 1.807) is 42.5 Å². The molecule has 0 saturated carbocycles. The van der Waals surface area contributed by atoms with E-state index in [2.05, 4.69) is 0 Å². The molecule has 0 aromatic heterocycles. The molecule has 0 radical (unpaired) electrons. The summed E-state index contributed by atoms with van der Waals surface area (Å²) < 4.78 is 24.7. The second-order valence-electron chi connectivity index (χ2n) is 4.51. The summed E-state index contributed by atoms with van der Waals surface area (Å²) in [5, 5.41) is 0. The third-order valence-corrected chi connectivity index (χ3v) is 4.80. The molecular weight excluding hydrogens is 272 g/mol. The van der Waals surface area contributed by atoms with Gasteiger partial charge >= 0.3 is 0 Å². The molecule has 0 aliphatic rings. The van der Waals surface area contributed by atoms with Crippen LogP contribution in [0.3, 0.4) is 0 Å². The van der Waals surface area contributed by atoms with E-state index in [1.165, 1.54) is 12.1 Å². The van der Waals surface area contributed by atoms with Gasteiger partial charge in [0.05, 0.1) is 9.79 Å². The molecule has 2 rings (SSSR count). The van der Waals surface area contributed by atoms with Crippen LogP contribution in [0.5, 0.6) is 0 Å². The van der Waals surface area contributed by atoms with Crippen LogP contribution in [0.2, 0.25) is 0 Å². The lowest BCUT2D eigenvalue weighted by Gasteiger charge is -2.05. The van der Waals surface area contributed by atoms with Gasteiger partial charge in [0, 0.05) is 12.0 Å². The average Bonchev–Trinajstić information content (AvgIpc) is 2.48. The molecule has 104 valence electrons. The SMILES string of the molecule is CCCC(=O)c1ccc(S(=O)(=O)c2ccccc2)cc1. The van der Waals surface area contributed by atoms with Gasteiger partial charge in [-0.1, -0.05) is 37.3 Å². The molecule has 0 atom stereocenters. The number of sulfone groups is 1. The first kappa shape index (κ1) is 14.5. The number of carbonyl (C=O) groups excluding carboxylic acids is 1. The molecule has 0 aliphatic carbocycles. The van der Waals surface area contributed by atoms with Crippen molar-refractivity contribution < 1.29 is 13.2 Å². The number of rotatable bonds is 5. The topological polar surface area (TPSA) is 51.2 Å². The minimum absolute atomic E-state index is 0.0381. The van der Waals surface area contributed by atoms with E-state index in [9.17, 15) is 13.2 Å². The van der Waals surface area contributed by atoms with Crippen molar-refractivity contribution in [2.75, 3.05) is 0 Å². The van der Waals surface area contributed by atoms with E-state index in [1.807, 2.05) is 6.92 Å². The number of ketones is 1. The maximum Gasteiger partial charge on any atom is 0.206 e. The van der Waals surface area contributed by atoms with Crippen molar-refractivity contribution in [1.82, 2.24) is 0 Å². The quantitative estimate of drug-likeness (QED) is 0.791. The van der Waals surface area contributed by atoms with Gasteiger partial charge in [0.1, 0.15) is 0 Å². The Morgan fingerprint density at radius 1 is 0.900 bits per heavy atom. The first-order chi connectivity index (χ1) is 9.55. The Kier molecular flexibility index (Phi) is 4.35. The molecule has 0 aliphatic heterocycles. The molecule has 4 heteroatoms. The Labute approximate surface area is 119 Å². The van der Waals surface area contributed by atoms with Crippen molar-refractivity contribution in [3.63, 3.8) is 0 Å². The van der Waals surface area contributed by atoms with Crippen LogP contribution in [0.25, 0.3) is 0 Å². The van der Waals surface area contributed by atoms with E-state index in [0.717, 1.165) is 6.42 Å². The number of hydrogen-bond acceptors (Lipinski definition) is 3. The molecule has 0 fully saturated rings. The molecule has 0 spiro atoms. The van der Waals surface area contributed by atoms with Crippen LogP contribution in [0, 0.1) is 0 Å². The highest BCUT2D eigenvalue weighted by Crippen LogP contribution is 2.21. The highest BCUT2D eigenvalue weighted by atomic mass is 32.2. The van der Waals surface area contributed by atoms with Gasteiger partial charge in [0.2, 0.25) is 9.84 Å². The molecule has 0 unspecified atom stereocenters. The van der Waals surface area contributed by atoms with Crippen LogP contribution in [-0.4, -0.2) is 14.2 Å². The Morgan fingerprint density at radius 3 is 2.00 bits per heavy atom. The van der Waals surface area contributed by atoms with E-state index in [-0.39, 0.29) is 15.6 Å². The highest BCUT2D eigenvalue weighted by molar-refractivity contribution is 7.91. The van der Waals surface area contributed by atoms with Crippen LogP contribution in [0.15, 0.2) is 64.4 Å². The summed E-state index contributed by atoms with van der Waals surface area (Å²) in [6, 6.07) is 14.4. The molecule has 2 aromatic rings. The fourth-order valence-corrected chi connectivity index (χ4v) is 3.21. The van der Waals surface area contributed by atoms with Crippen molar-refractivity contribution in [1.29, 1.82) is 0 Å². The Bertz CT molecular complexity index is 686. The van der Waals surface area contributed by atoms with Crippen LogP contribution in [-0.2, 0) is 9.84 Å². The predicted molar refractivity (Wildman–Crippen MR) is 77.6 cm³/mol. The summed E-state index contributed by atoms with van der Waals surface area (Å²) in [6.07, 6.45) is 1.26. The minimum Gasteiger partial charge on any atom is -0.294 e. The van der Waals surface area contributed by atoms with Crippen molar-refractivity contribution in [2.45, 2.75) is 29.6 Å². The number of Topliss-reactive ketones (excluding diaryl/α,β-unsaturated/α-hetero) is 1. The third-order valence-electron chi connectivity index (χ3n) is 3.02. The first-order valence-electron chi connectivity index (χ1n) is 6.49. The van der Waals surface area contributed by atoms with Gasteiger partial charge in [0.15, 0.2) is 5.78 Å². The van der Waals surface area contributed by atoms with E-state index < -0.39 is 9.84 Å². The zero-order chi connectivity index (χ0) is 14.6. The van der Waals surface area contributed by atoms with Gasteiger partial charge in [-0.25, -0.2) is 8.42 Å². The smallest absolute Gasteiger partial charge is 0.206 e. The standard InChI is InChI=1S/C16H16O3S/c1-2-6-16(17)13-9-11-15(12-10-13)20(18,19)14-7-4-3-5-8-14/h3-5,7-12H,2,6H2,1H3. The first-order valence-corrected chi connectivity index (χ1v) is 7.97. The molecule has 3 nitrogen and oxygen atoms in total. The highest BCUT2D eigenvalue weighted by Gasteiger charge is 2.17. The Morgan fingerprint density at radius 2 is 1.45 bits per heavy atom. The second-order valence-corrected chi connectivity index (χ2v) is 6.46. The monoisotopic (exact) mass is 288 g/mol. The zero-order valence-electron chi connectivity index (χ0n) is 11.2. The minimum atomic E-state index is -3.51. The van der Waals surface area contributed by atoms with Crippen molar-refractivity contribution in [3.05, 3.63) is 60.2 Å². The lowest BCUT2D eigenvalue weighted by Crippen LogP contribution is -2.03. The van der Waals surface area contributed by atoms with E-state index in [4.69, 9.17) is 0 Å². The maximum absolute atomic E-state index is 12.4. The van der Waals surface area contributed by atoms with Crippen LogP contribution >= 0.6 is 0 Å². The molecule has 20 heavy (non-hydrogen) atoms. The van der Waals surface area contributed by atoms with Crippen molar-refractivity contribution in [3.8, 4) is 0 Å². The van der Waals surface area contributed by atoms with Crippen LogP contribution < -0.4 is 0 Å². The summed E-state index contributed by atoms with van der Waals surface area (Å²) in [6.45, 7) is 1.94. The summed E-state index contributed by atoms with van der Waals surface area (Å²) in [7, 11) is -3.51. The Balaban J connectivity index is 2.33.